The van der Waals surface area contributed by atoms with Crippen LogP contribution in [0.1, 0.15) is 23.7 Å². The molecule has 0 aromatic heterocycles. The number of ether oxygens (including phenoxy) is 3. The van der Waals surface area contributed by atoms with Crippen LogP contribution < -0.4 is 18.9 Å². The van der Waals surface area contributed by atoms with Crippen molar-refractivity contribution in [2.45, 2.75) is 24.3 Å². The van der Waals surface area contributed by atoms with Crippen LogP contribution in [0.25, 0.3) is 11.1 Å². The molecule has 8 nitrogen and oxygen atoms in total. The number of carbonyl (C=O) groups excluding carboxylic acids is 1. The summed E-state index contributed by atoms with van der Waals surface area (Å²) in [4.78, 5) is 14.8. The molecule has 1 aliphatic rings. The Hall–Kier alpha value is -3.27. The molecule has 0 unspecified atom stereocenters. The van der Waals surface area contributed by atoms with Crippen LogP contribution in [0.15, 0.2) is 59.5 Å². The second-order valence-electron chi connectivity index (χ2n) is 8.83. The van der Waals surface area contributed by atoms with E-state index in [4.69, 9.17) is 25.8 Å². The number of anilines is 1. The zero-order valence-corrected chi connectivity index (χ0v) is 22.7. The molecule has 3 aromatic rings. The third-order valence-corrected chi connectivity index (χ3v) is 7.93. The zero-order chi connectivity index (χ0) is 26.7. The van der Waals surface area contributed by atoms with E-state index in [2.05, 4.69) is 9.62 Å². The maximum absolute atomic E-state index is 13.9. The Labute approximate surface area is 222 Å². The van der Waals surface area contributed by atoms with Crippen molar-refractivity contribution in [2.75, 3.05) is 39.1 Å². The van der Waals surface area contributed by atoms with Gasteiger partial charge in [0.25, 0.3) is 10.0 Å². The fourth-order valence-corrected chi connectivity index (χ4v) is 6.12. The molecule has 196 valence electrons. The number of nitrogens with one attached hydrogen (secondary N) is 1. The molecule has 0 spiro atoms. The standard InChI is InChI=1S/C27H29ClN2O6S/c1-17(31)25-26(35-4)24(34-3)15-21(18-8-6-5-7-9-18)27(25)37(32,33)29-19-10-11-22(28)23(14-19)36-20-12-13-30(2)16-20/h5-11,14-15,20,29H,12-13,16H2,1-4H3/t20-/m1/s1. The van der Waals surface area contributed by atoms with Gasteiger partial charge in [0.2, 0.25) is 0 Å². The molecule has 0 aliphatic carbocycles. The number of Topliss-reactive ketones (excluding diaryl/α,β-unsaturated/α-hetero) is 1. The number of methoxy groups -OCH3 is 2. The van der Waals surface area contributed by atoms with Gasteiger partial charge in [-0.05, 0) is 44.2 Å². The fraction of sp³-hybridized carbons (Fsp3) is 0.296. The number of benzene rings is 3. The van der Waals surface area contributed by atoms with Crippen LogP contribution >= 0.6 is 11.6 Å². The molecule has 0 radical (unpaired) electrons. The van der Waals surface area contributed by atoms with E-state index >= 15 is 0 Å². The van der Waals surface area contributed by atoms with E-state index < -0.39 is 15.8 Å². The second kappa shape index (κ2) is 11.0. The molecule has 37 heavy (non-hydrogen) atoms. The fourth-order valence-electron chi connectivity index (χ4n) is 4.44. The largest absolute Gasteiger partial charge is 0.493 e. The molecule has 1 fully saturated rings. The Kier molecular flexibility index (Phi) is 7.96. The normalized spacial score (nSPS) is 15.9. The molecule has 0 saturated carbocycles. The van der Waals surface area contributed by atoms with E-state index in [9.17, 15) is 13.2 Å². The molecule has 4 rings (SSSR count). The number of likely N-dealkylation sites (N-methyl/N-ethyl adjacent to an activating group) is 1. The van der Waals surface area contributed by atoms with E-state index in [1.807, 2.05) is 13.1 Å². The Balaban J connectivity index is 1.83. The van der Waals surface area contributed by atoms with Crippen LogP contribution in [-0.4, -0.2) is 59.6 Å². The highest BCUT2D eigenvalue weighted by atomic mass is 35.5. The molecule has 1 aliphatic heterocycles. The van der Waals surface area contributed by atoms with Gasteiger partial charge in [-0.3, -0.25) is 9.52 Å². The summed E-state index contributed by atoms with van der Waals surface area (Å²) in [6, 6.07) is 15.1. The lowest BCUT2D eigenvalue weighted by Gasteiger charge is -2.21. The van der Waals surface area contributed by atoms with Crippen molar-refractivity contribution in [1.82, 2.24) is 4.90 Å². The third kappa shape index (κ3) is 5.69. The van der Waals surface area contributed by atoms with Crippen LogP contribution in [0.5, 0.6) is 17.2 Å². The average molecular weight is 545 g/mol. The van der Waals surface area contributed by atoms with Crippen molar-refractivity contribution >= 4 is 33.1 Å². The van der Waals surface area contributed by atoms with Gasteiger partial charge >= 0.3 is 0 Å². The summed E-state index contributed by atoms with van der Waals surface area (Å²) < 4.78 is 47.4. The summed E-state index contributed by atoms with van der Waals surface area (Å²) in [6.45, 7) is 2.95. The van der Waals surface area contributed by atoms with Crippen molar-refractivity contribution in [3.8, 4) is 28.4 Å². The molecular formula is C27H29ClN2O6S. The third-order valence-electron chi connectivity index (χ3n) is 6.15. The van der Waals surface area contributed by atoms with Gasteiger partial charge < -0.3 is 19.1 Å². The van der Waals surface area contributed by atoms with E-state index in [1.165, 1.54) is 21.1 Å². The topological polar surface area (TPSA) is 94.2 Å². The van der Waals surface area contributed by atoms with E-state index in [1.54, 1.807) is 48.5 Å². The Bertz CT molecular complexity index is 1410. The molecule has 0 bridgehead atoms. The highest BCUT2D eigenvalue weighted by Crippen LogP contribution is 2.43. The summed E-state index contributed by atoms with van der Waals surface area (Å²) in [7, 11) is 0.497. The first kappa shape index (κ1) is 26.8. The lowest BCUT2D eigenvalue weighted by atomic mass is 9.99. The molecule has 1 N–H and O–H groups in total. The van der Waals surface area contributed by atoms with Crippen LogP contribution in [0.3, 0.4) is 0 Å². The minimum Gasteiger partial charge on any atom is -0.493 e. The minimum absolute atomic E-state index is 0.0422. The summed E-state index contributed by atoms with van der Waals surface area (Å²) in [5.74, 6) is 0.179. The number of ketones is 1. The zero-order valence-electron chi connectivity index (χ0n) is 21.1. The van der Waals surface area contributed by atoms with Gasteiger partial charge in [0.1, 0.15) is 16.7 Å². The molecule has 3 aromatic carbocycles. The van der Waals surface area contributed by atoms with Gasteiger partial charge in [-0.25, -0.2) is 8.42 Å². The molecule has 0 amide bonds. The smallest absolute Gasteiger partial charge is 0.263 e. The highest BCUT2D eigenvalue weighted by molar-refractivity contribution is 7.93. The number of likely N-dealkylation sites (tertiary alicyclic amines) is 1. The maximum Gasteiger partial charge on any atom is 0.263 e. The van der Waals surface area contributed by atoms with E-state index in [0.717, 1.165) is 19.5 Å². The average Bonchev–Trinajstić information content (AvgIpc) is 3.29. The number of sulfonamides is 1. The number of carbonyl (C=O) groups is 1. The van der Waals surface area contributed by atoms with Crippen LogP contribution in [0.4, 0.5) is 5.69 Å². The molecular weight excluding hydrogens is 516 g/mol. The molecule has 1 heterocycles. The number of hydrogen-bond acceptors (Lipinski definition) is 7. The molecule has 1 atom stereocenters. The van der Waals surface area contributed by atoms with Crippen LogP contribution in [-0.2, 0) is 10.0 Å². The highest BCUT2D eigenvalue weighted by Gasteiger charge is 2.32. The summed E-state index contributed by atoms with van der Waals surface area (Å²) >= 11 is 6.35. The Morgan fingerprint density at radius 2 is 1.78 bits per heavy atom. The minimum atomic E-state index is -4.30. The van der Waals surface area contributed by atoms with Gasteiger partial charge in [0.15, 0.2) is 17.3 Å². The first-order chi connectivity index (χ1) is 17.6. The summed E-state index contributed by atoms with van der Waals surface area (Å²) in [5.41, 5.74) is 1.04. The van der Waals surface area contributed by atoms with Gasteiger partial charge in [-0.2, -0.15) is 0 Å². The van der Waals surface area contributed by atoms with Crippen molar-refractivity contribution < 1.29 is 27.4 Å². The SMILES string of the molecule is COc1cc(-c2ccccc2)c(S(=O)(=O)Nc2ccc(Cl)c(O[C@@H]3CCN(C)C3)c2)c(C(C)=O)c1OC. The van der Waals surface area contributed by atoms with Crippen molar-refractivity contribution in [3.05, 3.63) is 65.2 Å². The maximum atomic E-state index is 13.9. The van der Waals surface area contributed by atoms with Crippen molar-refractivity contribution in [1.29, 1.82) is 0 Å². The van der Waals surface area contributed by atoms with Crippen LogP contribution in [0, 0.1) is 0 Å². The summed E-state index contributed by atoms with van der Waals surface area (Å²) in [6.07, 6.45) is 0.797. The van der Waals surface area contributed by atoms with Gasteiger partial charge in [-0.15, -0.1) is 0 Å². The van der Waals surface area contributed by atoms with Gasteiger partial charge in [0.05, 0.1) is 30.5 Å². The van der Waals surface area contributed by atoms with Crippen LogP contribution in [0.2, 0.25) is 5.02 Å². The number of nitrogens with zero attached hydrogens (tertiary/aromatic N) is 1. The second-order valence-corrected chi connectivity index (χ2v) is 10.9. The van der Waals surface area contributed by atoms with Crippen molar-refractivity contribution in [2.24, 2.45) is 0 Å². The monoisotopic (exact) mass is 544 g/mol. The quantitative estimate of drug-likeness (QED) is 0.374. The molecule has 1 saturated heterocycles. The van der Waals surface area contributed by atoms with Gasteiger partial charge in [-0.1, -0.05) is 41.9 Å². The summed E-state index contributed by atoms with van der Waals surface area (Å²) in [5, 5.41) is 0.373. The van der Waals surface area contributed by atoms with Crippen molar-refractivity contribution in [3.63, 3.8) is 0 Å². The predicted molar refractivity (Wildman–Crippen MR) is 144 cm³/mol. The number of halogens is 1. The number of rotatable bonds is 9. The Morgan fingerprint density at radius 3 is 2.38 bits per heavy atom. The van der Waals surface area contributed by atoms with Gasteiger partial charge in [0, 0.05) is 24.7 Å². The molecule has 10 heteroatoms. The first-order valence-electron chi connectivity index (χ1n) is 11.7. The lowest BCUT2D eigenvalue weighted by Crippen LogP contribution is -2.22. The predicted octanol–water partition coefficient (Wildman–Crippen LogP) is 5.11. The van der Waals surface area contributed by atoms with E-state index in [-0.39, 0.29) is 33.7 Å². The lowest BCUT2D eigenvalue weighted by molar-refractivity contribution is 0.101. The first-order valence-corrected chi connectivity index (χ1v) is 13.5. The van der Waals surface area contributed by atoms with E-state index in [0.29, 0.717) is 21.9 Å². The number of hydrogen-bond donors (Lipinski definition) is 1. The Morgan fingerprint density at radius 1 is 1.05 bits per heavy atom.